The predicted molar refractivity (Wildman–Crippen MR) is 38.6 cm³/mol. The average Bonchev–Trinajstić information content (AvgIpc) is 2.40. The SMILES string of the molecule is NCC(c1ccc[nH]1)C(F)F. The lowest BCUT2D eigenvalue weighted by molar-refractivity contribution is 0.115. The molecule has 62 valence electrons. The monoisotopic (exact) mass is 160 g/mol. The molecule has 0 saturated heterocycles. The molecule has 0 aromatic carbocycles. The number of aromatic nitrogens is 1. The Hall–Kier alpha value is -0.900. The molecule has 3 N–H and O–H groups in total. The maximum atomic E-state index is 12.2. The summed E-state index contributed by atoms with van der Waals surface area (Å²) >= 11 is 0. The van der Waals surface area contributed by atoms with Gasteiger partial charge in [0.2, 0.25) is 6.43 Å². The Kier molecular flexibility index (Phi) is 2.59. The van der Waals surface area contributed by atoms with Gasteiger partial charge < -0.3 is 10.7 Å². The Morgan fingerprint density at radius 3 is 2.64 bits per heavy atom. The number of nitrogens with one attached hydrogen (secondary N) is 1. The van der Waals surface area contributed by atoms with Crippen LogP contribution in [0.25, 0.3) is 0 Å². The van der Waals surface area contributed by atoms with Gasteiger partial charge in [-0.1, -0.05) is 0 Å². The van der Waals surface area contributed by atoms with E-state index in [9.17, 15) is 8.78 Å². The van der Waals surface area contributed by atoms with Gasteiger partial charge in [-0.3, -0.25) is 0 Å². The number of halogens is 2. The summed E-state index contributed by atoms with van der Waals surface area (Å²) in [6.45, 7) is -0.0296. The molecule has 0 aliphatic carbocycles. The zero-order valence-corrected chi connectivity index (χ0v) is 5.93. The molecule has 11 heavy (non-hydrogen) atoms. The molecule has 1 heterocycles. The van der Waals surface area contributed by atoms with Crippen LogP contribution in [-0.4, -0.2) is 18.0 Å². The van der Waals surface area contributed by atoms with Crippen LogP contribution in [0.4, 0.5) is 8.78 Å². The third-order valence-electron chi connectivity index (χ3n) is 1.58. The summed E-state index contributed by atoms with van der Waals surface area (Å²) in [5.74, 6) is -0.856. The van der Waals surface area contributed by atoms with Crippen LogP contribution >= 0.6 is 0 Å². The van der Waals surface area contributed by atoms with Crippen LogP contribution < -0.4 is 5.73 Å². The number of rotatable bonds is 3. The number of alkyl halides is 2. The van der Waals surface area contributed by atoms with Crippen molar-refractivity contribution in [2.75, 3.05) is 6.54 Å². The van der Waals surface area contributed by atoms with E-state index >= 15 is 0 Å². The van der Waals surface area contributed by atoms with E-state index in [1.165, 1.54) is 0 Å². The van der Waals surface area contributed by atoms with Crippen molar-refractivity contribution in [3.8, 4) is 0 Å². The highest BCUT2D eigenvalue weighted by Crippen LogP contribution is 2.19. The largest absolute Gasteiger partial charge is 0.365 e. The summed E-state index contributed by atoms with van der Waals surface area (Å²) in [4.78, 5) is 2.71. The third kappa shape index (κ3) is 1.77. The fourth-order valence-electron chi connectivity index (χ4n) is 0.940. The summed E-state index contributed by atoms with van der Waals surface area (Å²) in [5.41, 5.74) is 5.67. The van der Waals surface area contributed by atoms with E-state index in [1.807, 2.05) is 0 Å². The van der Waals surface area contributed by atoms with Crippen molar-refractivity contribution in [2.45, 2.75) is 12.3 Å². The van der Waals surface area contributed by atoms with E-state index in [4.69, 9.17) is 5.73 Å². The summed E-state index contributed by atoms with van der Waals surface area (Å²) in [6.07, 6.45) is -0.779. The number of nitrogens with two attached hydrogens (primary N) is 1. The van der Waals surface area contributed by atoms with E-state index in [0.29, 0.717) is 5.69 Å². The van der Waals surface area contributed by atoms with Gasteiger partial charge >= 0.3 is 0 Å². The molecule has 0 aliphatic rings. The van der Waals surface area contributed by atoms with Crippen molar-refractivity contribution in [1.29, 1.82) is 0 Å². The molecule has 2 nitrogen and oxygen atoms in total. The third-order valence-corrected chi connectivity index (χ3v) is 1.58. The van der Waals surface area contributed by atoms with Crippen LogP contribution in [0.15, 0.2) is 18.3 Å². The molecule has 1 aromatic heterocycles. The Balaban J connectivity index is 2.71. The van der Waals surface area contributed by atoms with Crippen molar-refractivity contribution in [3.63, 3.8) is 0 Å². The highest BCUT2D eigenvalue weighted by Gasteiger charge is 2.20. The van der Waals surface area contributed by atoms with E-state index in [1.54, 1.807) is 18.3 Å². The van der Waals surface area contributed by atoms with Gasteiger partial charge in [0.05, 0.1) is 5.92 Å². The van der Waals surface area contributed by atoms with Gasteiger partial charge in [-0.05, 0) is 12.1 Å². The van der Waals surface area contributed by atoms with Gasteiger partial charge in [-0.15, -0.1) is 0 Å². The summed E-state index contributed by atoms with van der Waals surface area (Å²) in [7, 11) is 0. The van der Waals surface area contributed by atoms with Crippen LogP contribution in [0.5, 0.6) is 0 Å². The lowest BCUT2D eigenvalue weighted by Gasteiger charge is -2.10. The first-order valence-electron chi connectivity index (χ1n) is 3.37. The highest BCUT2D eigenvalue weighted by atomic mass is 19.3. The fraction of sp³-hybridized carbons (Fsp3) is 0.429. The van der Waals surface area contributed by atoms with Gasteiger partial charge in [-0.2, -0.15) is 0 Å². The quantitative estimate of drug-likeness (QED) is 0.688. The van der Waals surface area contributed by atoms with Gasteiger partial charge in [0, 0.05) is 18.4 Å². The lowest BCUT2D eigenvalue weighted by Crippen LogP contribution is -2.19. The molecule has 0 aliphatic heterocycles. The van der Waals surface area contributed by atoms with Crippen LogP contribution in [0.3, 0.4) is 0 Å². The Morgan fingerprint density at radius 2 is 2.27 bits per heavy atom. The molecule has 1 unspecified atom stereocenters. The smallest absolute Gasteiger partial charge is 0.248 e. The summed E-state index contributed by atoms with van der Waals surface area (Å²) in [6, 6.07) is 3.30. The first-order valence-corrected chi connectivity index (χ1v) is 3.37. The molecular weight excluding hydrogens is 150 g/mol. The Morgan fingerprint density at radius 1 is 1.55 bits per heavy atom. The maximum Gasteiger partial charge on any atom is 0.248 e. The standard InChI is InChI=1S/C7H10F2N2/c8-7(9)5(4-10)6-2-1-3-11-6/h1-3,5,7,11H,4,10H2. The zero-order chi connectivity index (χ0) is 8.27. The van der Waals surface area contributed by atoms with Crippen molar-refractivity contribution < 1.29 is 8.78 Å². The fourth-order valence-corrected chi connectivity index (χ4v) is 0.940. The van der Waals surface area contributed by atoms with E-state index in [0.717, 1.165) is 0 Å². The van der Waals surface area contributed by atoms with Crippen LogP contribution in [0.1, 0.15) is 11.6 Å². The topological polar surface area (TPSA) is 41.8 Å². The molecule has 0 saturated carbocycles. The number of H-pyrrole nitrogens is 1. The Labute approximate surface area is 63.4 Å². The number of aromatic amines is 1. The minimum absolute atomic E-state index is 0.0296. The van der Waals surface area contributed by atoms with Crippen LogP contribution in [0, 0.1) is 0 Å². The number of hydrogen-bond acceptors (Lipinski definition) is 1. The molecule has 0 fully saturated rings. The van der Waals surface area contributed by atoms with E-state index < -0.39 is 12.3 Å². The molecule has 4 heteroatoms. The molecule has 1 aromatic rings. The lowest BCUT2D eigenvalue weighted by atomic mass is 10.1. The van der Waals surface area contributed by atoms with Gasteiger partial charge in [0.15, 0.2) is 0 Å². The van der Waals surface area contributed by atoms with E-state index in [2.05, 4.69) is 4.98 Å². The second-order valence-electron chi connectivity index (χ2n) is 2.30. The van der Waals surface area contributed by atoms with E-state index in [-0.39, 0.29) is 6.54 Å². The Bertz CT molecular complexity index is 196. The molecule has 0 amide bonds. The molecule has 1 rings (SSSR count). The van der Waals surface area contributed by atoms with Crippen molar-refractivity contribution in [1.82, 2.24) is 4.98 Å². The molecule has 1 atom stereocenters. The molecular formula is C7H10F2N2. The normalized spacial score (nSPS) is 13.8. The molecule has 0 bridgehead atoms. The molecule has 0 radical (unpaired) electrons. The van der Waals surface area contributed by atoms with Crippen LogP contribution in [0.2, 0.25) is 0 Å². The first kappa shape index (κ1) is 8.20. The second-order valence-corrected chi connectivity index (χ2v) is 2.30. The second kappa shape index (κ2) is 3.48. The van der Waals surface area contributed by atoms with Crippen molar-refractivity contribution in [2.24, 2.45) is 5.73 Å². The van der Waals surface area contributed by atoms with Gasteiger partial charge in [-0.25, -0.2) is 8.78 Å². The van der Waals surface area contributed by atoms with Crippen molar-refractivity contribution in [3.05, 3.63) is 24.0 Å². The highest BCUT2D eigenvalue weighted by molar-refractivity contribution is 5.11. The zero-order valence-electron chi connectivity index (χ0n) is 5.93. The first-order chi connectivity index (χ1) is 5.25. The minimum atomic E-state index is -2.39. The number of hydrogen-bond donors (Lipinski definition) is 2. The van der Waals surface area contributed by atoms with Gasteiger partial charge in [0.1, 0.15) is 0 Å². The average molecular weight is 160 g/mol. The maximum absolute atomic E-state index is 12.2. The van der Waals surface area contributed by atoms with Crippen molar-refractivity contribution >= 4 is 0 Å². The molecule has 0 spiro atoms. The van der Waals surface area contributed by atoms with Crippen LogP contribution in [-0.2, 0) is 0 Å². The van der Waals surface area contributed by atoms with Gasteiger partial charge in [0.25, 0.3) is 0 Å². The summed E-state index contributed by atoms with van der Waals surface area (Å²) in [5, 5.41) is 0. The predicted octanol–water partition coefficient (Wildman–Crippen LogP) is 1.32. The minimum Gasteiger partial charge on any atom is -0.365 e. The summed E-state index contributed by atoms with van der Waals surface area (Å²) < 4.78 is 24.3.